The van der Waals surface area contributed by atoms with Crippen molar-refractivity contribution in [1.82, 2.24) is 25.1 Å². The van der Waals surface area contributed by atoms with E-state index in [-0.39, 0.29) is 0 Å². The molecule has 2 heterocycles. The Hall–Kier alpha value is -2.54. The lowest BCUT2D eigenvalue weighted by molar-refractivity contribution is 0.432. The van der Waals surface area contributed by atoms with Crippen LogP contribution in [0, 0.1) is 5.92 Å². The number of hydrogen-bond donors (Lipinski definition) is 0. The molecule has 0 spiro atoms. The van der Waals surface area contributed by atoms with Crippen LogP contribution in [0.4, 0.5) is 0 Å². The third-order valence-corrected chi connectivity index (χ3v) is 5.12. The minimum absolute atomic E-state index is 0.486. The largest absolute Gasteiger partial charge is 0.334 e. The van der Waals surface area contributed by atoms with Crippen molar-refractivity contribution in [3.05, 3.63) is 46.9 Å². The van der Waals surface area contributed by atoms with Crippen LogP contribution in [-0.4, -0.2) is 25.1 Å². The van der Waals surface area contributed by atoms with E-state index in [9.17, 15) is 0 Å². The van der Waals surface area contributed by atoms with Crippen molar-refractivity contribution in [2.24, 2.45) is 5.92 Å². The Labute approximate surface area is 152 Å². The predicted molar refractivity (Wildman–Crippen MR) is 96.7 cm³/mol. The lowest BCUT2D eigenvalue weighted by Crippen LogP contribution is -2.01. The molecule has 0 radical (unpaired) electrons. The maximum atomic E-state index is 5.43. The van der Waals surface area contributed by atoms with E-state index in [4.69, 9.17) is 4.52 Å². The Bertz CT molecular complexity index is 1070. The second-order valence-electron chi connectivity index (χ2n) is 6.32. The summed E-state index contributed by atoms with van der Waals surface area (Å²) in [6.45, 7) is 0.949. The van der Waals surface area contributed by atoms with Crippen LogP contribution >= 0.6 is 15.9 Å². The van der Waals surface area contributed by atoms with E-state index in [0.29, 0.717) is 11.7 Å². The Balaban J connectivity index is 1.50. The first-order valence-electron chi connectivity index (χ1n) is 8.20. The molecule has 6 nitrogen and oxygen atoms in total. The van der Waals surface area contributed by atoms with Gasteiger partial charge in [0.15, 0.2) is 0 Å². The molecule has 1 fully saturated rings. The van der Waals surface area contributed by atoms with Crippen LogP contribution in [-0.2, 0) is 6.54 Å². The maximum Gasteiger partial charge on any atom is 0.259 e. The Morgan fingerprint density at radius 3 is 2.88 bits per heavy atom. The normalized spacial score (nSPS) is 14.3. The van der Waals surface area contributed by atoms with Gasteiger partial charge in [0.1, 0.15) is 5.52 Å². The van der Waals surface area contributed by atoms with Crippen molar-refractivity contribution >= 4 is 27.0 Å². The highest BCUT2D eigenvalue weighted by Crippen LogP contribution is 2.32. The van der Waals surface area contributed by atoms with E-state index >= 15 is 0 Å². The fourth-order valence-electron chi connectivity index (χ4n) is 2.88. The molecule has 5 rings (SSSR count). The second kappa shape index (κ2) is 5.77. The molecule has 124 valence electrons. The summed E-state index contributed by atoms with van der Waals surface area (Å²) in [7, 11) is 0. The van der Waals surface area contributed by atoms with Crippen molar-refractivity contribution in [2.45, 2.75) is 19.4 Å². The minimum Gasteiger partial charge on any atom is -0.334 e. The first-order valence-corrected chi connectivity index (χ1v) is 8.99. The average molecular weight is 396 g/mol. The van der Waals surface area contributed by atoms with E-state index in [1.165, 1.54) is 12.8 Å². The van der Waals surface area contributed by atoms with Crippen molar-refractivity contribution in [3.63, 3.8) is 0 Å². The highest BCUT2D eigenvalue weighted by Gasteiger charge is 2.23. The van der Waals surface area contributed by atoms with E-state index < -0.39 is 0 Å². The fraction of sp³-hybridized carbons (Fsp3) is 0.222. The van der Waals surface area contributed by atoms with Crippen LogP contribution in [0.5, 0.6) is 0 Å². The molecule has 0 unspecified atom stereocenters. The van der Waals surface area contributed by atoms with Gasteiger partial charge in [-0.25, -0.2) is 4.68 Å². The lowest BCUT2D eigenvalue weighted by atomic mass is 10.2. The van der Waals surface area contributed by atoms with Gasteiger partial charge in [0.2, 0.25) is 5.82 Å². The SMILES string of the molecule is Brc1ccccc1-c1nc(-c2ccc3c(c2)nnn3CC2CC2)no1. The highest BCUT2D eigenvalue weighted by atomic mass is 79.9. The van der Waals surface area contributed by atoms with Gasteiger partial charge >= 0.3 is 0 Å². The quantitative estimate of drug-likeness (QED) is 0.514. The smallest absolute Gasteiger partial charge is 0.259 e. The molecule has 1 aliphatic rings. The van der Waals surface area contributed by atoms with Gasteiger partial charge in [-0.1, -0.05) is 22.5 Å². The van der Waals surface area contributed by atoms with Crippen LogP contribution in [0.3, 0.4) is 0 Å². The molecule has 0 aliphatic heterocycles. The monoisotopic (exact) mass is 395 g/mol. The third kappa shape index (κ3) is 2.74. The molecule has 0 bridgehead atoms. The summed E-state index contributed by atoms with van der Waals surface area (Å²) >= 11 is 3.51. The molecule has 2 aromatic heterocycles. The molecule has 4 aromatic rings. The summed E-state index contributed by atoms with van der Waals surface area (Å²) in [5.74, 6) is 1.79. The average Bonchev–Trinajstić information content (AvgIpc) is 3.16. The van der Waals surface area contributed by atoms with E-state index in [1.807, 2.05) is 47.1 Å². The van der Waals surface area contributed by atoms with Gasteiger partial charge in [-0.2, -0.15) is 4.98 Å². The molecule has 1 aliphatic carbocycles. The number of rotatable bonds is 4. The summed E-state index contributed by atoms with van der Waals surface area (Å²) in [6.07, 6.45) is 2.58. The van der Waals surface area contributed by atoms with Crippen LogP contribution in [0.2, 0.25) is 0 Å². The van der Waals surface area contributed by atoms with Gasteiger partial charge < -0.3 is 4.52 Å². The fourth-order valence-corrected chi connectivity index (χ4v) is 3.33. The number of hydrogen-bond acceptors (Lipinski definition) is 5. The number of halogens is 1. The van der Waals surface area contributed by atoms with Crippen LogP contribution in [0.15, 0.2) is 51.5 Å². The summed E-state index contributed by atoms with van der Waals surface area (Å²) in [5.41, 5.74) is 3.64. The molecule has 7 heteroatoms. The zero-order valence-electron chi connectivity index (χ0n) is 13.3. The molecular weight excluding hydrogens is 382 g/mol. The molecule has 0 atom stereocenters. The summed E-state index contributed by atoms with van der Waals surface area (Å²) < 4.78 is 8.34. The van der Waals surface area contributed by atoms with Crippen LogP contribution in [0.25, 0.3) is 33.9 Å². The van der Waals surface area contributed by atoms with Crippen molar-refractivity contribution in [2.75, 3.05) is 0 Å². The van der Waals surface area contributed by atoms with Gasteiger partial charge in [-0.05, 0) is 65.0 Å². The van der Waals surface area contributed by atoms with Crippen molar-refractivity contribution in [1.29, 1.82) is 0 Å². The Morgan fingerprint density at radius 1 is 1.16 bits per heavy atom. The van der Waals surface area contributed by atoms with Crippen molar-refractivity contribution < 1.29 is 4.52 Å². The van der Waals surface area contributed by atoms with Gasteiger partial charge in [-0.3, -0.25) is 0 Å². The third-order valence-electron chi connectivity index (χ3n) is 4.43. The van der Waals surface area contributed by atoms with Crippen molar-refractivity contribution in [3.8, 4) is 22.8 Å². The Morgan fingerprint density at radius 2 is 2.04 bits per heavy atom. The second-order valence-corrected chi connectivity index (χ2v) is 7.18. The number of benzene rings is 2. The van der Waals surface area contributed by atoms with E-state index in [2.05, 4.69) is 36.4 Å². The minimum atomic E-state index is 0.486. The zero-order valence-corrected chi connectivity index (χ0v) is 14.8. The topological polar surface area (TPSA) is 69.6 Å². The van der Waals surface area contributed by atoms with Gasteiger partial charge in [0, 0.05) is 16.6 Å². The molecular formula is C18H14BrN5O. The maximum absolute atomic E-state index is 5.43. The summed E-state index contributed by atoms with van der Waals surface area (Å²) in [6, 6.07) is 13.8. The predicted octanol–water partition coefficient (Wildman–Crippen LogP) is 4.32. The number of fused-ring (bicyclic) bond motifs is 1. The lowest BCUT2D eigenvalue weighted by Gasteiger charge is -2.00. The standard InChI is InChI=1S/C18H14BrN5O/c19-14-4-2-1-3-13(14)18-20-17(22-25-18)12-7-8-16-15(9-12)21-23-24(16)10-11-5-6-11/h1-4,7-9,11H,5-6,10H2. The van der Waals surface area contributed by atoms with Crippen LogP contribution < -0.4 is 0 Å². The van der Waals surface area contributed by atoms with E-state index in [1.54, 1.807) is 0 Å². The van der Waals surface area contributed by atoms with Crippen LogP contribution in [0.1, 0.15) is 12.8 Å². The first kappa shape index (κ1) is 14.8. The van der Waals surface area contributed by atoms with Gasteiger partial charge in [0.25, 0.3) is 5.89 Å². The van der Waals surface area contributed by atoms with Gasteiger partial charge in [0.05, 0.1) is 11.1 Å². The first-order chi connectivity index (χ1) is 12.3. The highest BCUT2D eigenvalue weighted by molar-refractivity contribution is 9.10. The molecule has 0 saturated heterocycles. The summed E-state index contributed by atoms with van der Waals surface area (Å²) in [4.78, 5) is 4.52. The molecule has 0 amide bonds. The van der Waals surface area contributed by atoms with E-state index in [0.717, 1.165) is 39.1 Å². The molecule has 0 N–H and O–H groups in total. The summed E-state index contributed by atoms with van der Waals surface area (Å²) in [5, 5.41) is 12.7. The Kier molecular flexibility index (Phi) is 3.41. The number of nitrogens with zero attached hydrogens (tertiary/aromatic N) is 5. The molecule has 2 aromatic carbocycles. The number of aromatic nitrogens is 5. The zero-order chi connectivity index (χ0) is 16.8. The van der Waals surface area contributed by atoms with Gasteiger partial charge in [-0.15, -0.1) is 5.10 Å². The molecule has 25 heavy (non-hydrogen) atoms. The molecule has 1 saturated carbocycles.